The van der Waals surface area contributed by atoms with Gasteiger partial charge in [0.1, 0.15) is 11.6 Å². The second-order valence-electron chi connectivity index (χ2n) is 10.2. The third-order valence-electron chi connectivity index (χ3n) is 7.77. The Kier molecular flexibility index (Phi) is 5.61. The second-order valence-corrected chi connectivity index (χ2v) is 10.2. The molecule has 0 aliphatic carbocycles. The van der Waals surface area contributed by atoms with E-state index < -0.39 is 0 Å². The maximum absolute atomic E-state index is 5.82. The normalized spacial score (nSPS) is 19.5. The lowest BCUT2D eigenvalue weighted by Gasteiger charge is -2.22. The van der Waals surface area contributed by atoms with Crippen LogP contribution in [0.15, 0.2) is 55.1 Å². The van der Waals surface area contributed by atoms with Crippen LogP contribution in [0.25, 0.3) is 27.7 Å². The number of hydrogen-bond donors (Lipinski definition) is 1. The van der Waals surface area contributed by atoms with Crippen LogP contribution in [0.4, 0.5) is 5.82 Å². The summed E-state index contributed by atoms with van der Waals surface area (Å²) in [5.41, 5.74) is 5.04. The Morgan fingerprint density at radius 3 is 2.58 bits per heavy atom. The number of H-pyrrole nitrogens is 1. The average Bonchev–Trinajstić information content (AvgIpc) is 3.70. The van der Waals surface area contributed by atoms with E-state index >= 15 is 0 Å². The number of likely N-dealkylation sites (tertiary alicyclic amines) is 1. The first-order valence-corrected chi connectivity index (χ1v) is 13.1. The average molecular weight is 511 g/mol. The summed E-state index contributed by atoms with van der Waals surface area (Å²) in [6.45, 7) is 7.80. The molecular weight excluding hydrogens is 480 g/mol. The van der Waals surface area contributed by atoms with Crippen LogP contribution in [0.2, 0.25) is 0 Å². The first kappa shape index (κ1) is 23.0. The topological polar surface area (TPSA) is 96.7 Å². The van der Waals surface area contributed by atoms with Crippen LogP contribution in [-0.2, 0) is 6.54 Å². The van der Waals surface area contributed by atoms with E-state index in [1.165, 1.54) is 5.56 Å². The van der Waals surface area contributed by atoms with E-state index in [-0.39, 0.29) is 0 Å². The van der Waals surface area contributed by atoms with Crippen molar-refractivity contribution >= 4 is 22.4 Å². The minimum Gasteiger partial charge on any atom is -0.492 e. The molecule has 2 atom stereocenters. The van der Waals surface area contributed by atoms with Crippen LogP contribution in [0.3, 0.4) is 0 Å². The number of ether oxygens (including phenoxy) is 2. The Balaban J connectivity index is 1.07. The van der Waals surface area contributed by atoms with Gasteiger partial charge in [0.25, 0.3) is 0 Å². The van der Waals surface area contributed by atoms with Gasteiger partial charge in [-0.05, 0) is 42.5 Å². The van der Waals surface area contributed by atoms with Gasteiger partial charge in [-0.2, -0.15) is 5.10 Å². The molecule has 0 spiro atoms. The number of fused-ring (bicyclic) bond motifs is 4. The molecule has 1 N–H and O–H groups in total. The molecule has 2 saturated heterocycles. The minimum atomic E-state index is 0.592. The van der Waals surface area contributed by atoms with Crippen LogP contribution < -0.4 is 14.4 Å². The second kappa shape index (κ2) is 9.29. The smallest absolute Gasteiger partial charge is 0.212 e. The summed E-state index contributed by atoms with van der Waals surface area (Å²) in [7, 11) is 1.65. The molecule has 5 aromatic heterocycles. The zero-order valence-corrected chi connectivity index (χ0v) is 21.5. The molecule has 5 aromatic rings. The molecule has 194 valence electrons. The quantitative estimate of drug-likeness (QED) is 0.355. The number of pyridine rings is 3. The van der Waals surface area contributed by atoms with E-state index in [9.17, 15) is 0 Å². The summed E-state index contributed by atoms with van der Waals surface area (Å²) in [6, 6.07) is 10.4. The molecule has 0 aromatic carbocycles. The molecule has 0 amide bonds. The van der Waals surface area contributed by atoms with Gasteiger partial charge < -0.3 is 14.4 Å². The predicted octanol–water partition coefficient (Wildman–Crippen LogP) is 3.64. The molecule has 0 bridgehead atoms. The van der Waals surface area contributed by atoms with Crippen LogP contribution in [0, 0.1) is 11.8 Å². The number of methoxy groups -OCH3 is 1. The van der Waals surface area contributed by atoms with E-state index in [1.54, 1.807) is 7.11 Å². The van der Waals surface area contributed by atoms with Crippen molar-refractivity contribution in [3.8, 4) is 22.8 Å². The van der Waals surface area contributed by atoms with Crippen molar-refractivity contribution in [2.45, 2.75) is 13.5 Å². The fraction of sp³-hybridized carbons (Fsp3) is 0.357. The van der Waals surface area contributed by atoms with Gasteiger partial charge in [0, 0.05) is 62.3 Å². The lowest BCUT2D eigenvalue weighted by Crippen LogP contribution is -2.29. The molecule has 0 radical (unpaired) electrons. The number of anilines is 1. The van der Waals surface area contributed by atoms with E-state index in [1.807, 2.05) is 42.3 Å². The van der Waals surface area contributed by atoms with Crippen molar-refractivity contribution in [1.29, 1.82) is 0 Å². The number of aromatic nitrogens is 6. The third-order valence-corrected chi connectivity index (χ3v) is 7.77. The van der Waals surface area contributed by atoms with E-state index in [2.05, 4.69) is 54.3 Å². The maximum Gasteiger partial charge on any atom is 0.212 e. The highest BCUT2D eigenvalue weighted by atomic mass is 16.5. The van der Waals surface area contributed by atoms with E-state index in [0.717, 1.165) is 72.0 Å². The zero-order valence-electron chi connectivity index (χ0n) is 21.5. The van der Waals surface area contributed by atoms with Gasteiger partial charge in [-0.3, -0.25) is 10.00 Å². The van der Waals surface area contributed by atoms with Gasteiger partial charge in [-0.1, -0.05) is 6.07 Å². The summed E-state index contributed by atoms with van der Waals surface area (Å²) in [4.78, 5) is 14.2. The number of nitrogens with zero attached hydrogens (tertiary/aromatic N) is 7. The lowest BCUT2D eigenvalue weighted by atomic mass is 10.0. The van der Waals surface area contributed by atoms with Gasteiger partial charge in [0.15, 0.2) is 5.65 Å². The van der Waals surface area contributed by atoms with Crippen LogP contribution >= 0.6 is 0 Å². The zero-order chi connectivity index (χ0) is 25.6. The van der Waals surface area contributed by atoms with Gasteiger partial charge in [-0.25, -0.2) is 14.5 Å². The molecule has 2 aliphatic heterocycles. The SMILES string of the molecule is CCOc1cc(-c2ccc(N3CC4CN(Cc5ccc(OC)nc5)CC4C3)nc2)c2c3cn[nH]c3nn2c1. The first-order chi connectivity index (χ1) is 18.7. The van der Waals surface area contributed by atoms with E-state index in [0.29, 0.717) is 24.3 Å². The third kappa shape index (κ3) is 4.01. The Hall–Kier alpha value is -4.18. The summed E-state index contributed by atoms with van der Waals surface area (Å²) >= 11 is 0. The first-order valence-electron chi connectivity index (χ1n) is 13.1. The Morgan fingerprint density at radius 2 is 1.87 bits per heavy atom. The standard InChI is InChI=1S/C28H30N8O2/c1-3-38-22-8-23(27-24-11-31-32-28(24)33-36(27)17-22)19-5-6-25(29-10-19)35-15-20-13-34(14-21(20)16-35)12-18-4-7-26(37-2)30-9-18/h4-11,17,20-21H,3,12-16H2,1-2H3,(H,32,33). The molecule has 7 heterocycles. The Labute approximate surface area is 220 Å². The molecule has 2 unspecified atom stereocenters. The Morgan fingerprint density at radius 1 is 1.00 bits per heavy atom. The number of rotatable bonds is 7. The molecule has 10 nitrogen and oxygen atoms in total. The number of hydrogen-bond acceptors (Lipinski definition) is 8. The van der Waals surface area contributed by atoms with Crippen molar-refractivity contribution in [3.05, 3.63) is 60.7 Å². The van der Waals surface area contributed by atoms with Crippen molar-refractivity contribution in [1.82, 2.24) is 34.7 Å². The fourth-order valence-electron chi connectivity index (χ4n) is 6.03. The molecule has 38 heavy (non-hydrogen) atoms. The summed E-state index contributed by atoms with van der Waals surface area (Å²) < 4.78 is 12.9. The highest BCUT2D eigenvalue weighted by molar-refractivity contribution is 6.00. The van der Waals surface area contributed by atoms with Gasteiger partial charge >= 0.3 is 0 Å². The van der Waals surface area contributed by atoms with Crippen LogP contribution in [0.5, 0.6) is 11.6 Å². The van der Waals surface area contributed by atoms with Crippen LogP contribution in [-0.4, -0.2) is 74.6 Å². The van der Waals surface area contributed by atoms with Gasteiger partial charge in [-0.15, -0.1) is 5.10 Å². The van der Waals surface area contributed by atoms with Gasteiger partial charge in [0.05, 0.1) is 37.0 Å². The fourth-order valence-corrected chi connectivity index (χ4v) is 6.03. The summed E-state index contributed by atoms with van der Waals surface area (Å²) in [5.74, 6) is 3.79. The predicted molar refractivity (Wildman–Crippen MR) is 145 cm³/mol. The lowest BCUT2D eigenvalue weighted by molar-refractivity contribution is 0.308. The molecule has 0 saturated carbocycles. The van der Waals surface area contributed by atoms with Crippen molar-refractivity contribution in [2.24, 2.45) is 11.8 Å². The summed E-state index contributed by atoms with van der Waals surface area (Å²) in [5, 5.41) is 12.8. The number of aromatic amines is 1. The molecule has 10 heteroatoms. The van der Waals surface area contributed by atoms with E-state index in [4.69, 9.17) is 14.5 Å². The highest BCUT2D eigenvalue weighted by Crippen LogP contribution is 2.36. The molecule has 2 fully saturated rings. The number of nitrogens with one attached hydrogen (secondary N) is 1. The Bertz CT molecular complexity index is 1560. The minimum absolute atomic E-state index is 0.592. The molecule has 7 rings (SSSR count). The van der Waals surface area contributed by atoms with Crippen molar-refractivity contribution in [2.75, 3.05) is 44.8 Å². The van der Waals surface area contributed by atoms with Gasteiger partial charge in [0.2, 0.25) is 5.88 Å². The maximum atomic E-state index is 5.82. The summed E-state index contributed by atoms with van der Waals surface area (Å²) in [6.07, 6.45) is 7.62. The van der Waals surface area contributed by atoms with Crippen molar-refractivity contribution in [3.63, 3.8) is 0 Å². The van der Waals surface area contributed by atoms with Crippen molar-refractivity contribution < 1.29 is 9.47 Å². The highest BCUT2D eigenvalue weighted by Gasteiger charge is 2.40. The molecule has 2 aliphatic rings. The molecular formula is C28H30N8O2. The largest absolute Gasteiger partial charge is 0.492 e. The monoisotopic (exact) mass is 510 g/mol. The van der Waals surface area contributed by atoms with Crippen LogP contribution in [0.1, 0.15) is 12.5 Å².